The van der Waals surface area contributed by atoms with E-state index < -0.39 is 0 Å². The minimum absolute atomic E-state index is 0.0189. The molecule has 1 aliphatic heterocycles. The van der Waals surface area contributed by atoms with Gasteiger partial charge >= 0.3 is 6.03 Å². The Morgan fingerprint density at radius 3 is 2.52 bits per heavy atom. The van der Waals surface area contributed by atoms with Crippen molar-refractivity contribution < 1.29 is 4.79 Å². The lowest BCUT2D eigenvalue weighted by Gasteiger charge is -2.36. The minimum atomic E-state index is -0.167. The van der Waals surface area contributed by atoms with Crippen LogP contribution in [0.25, 0.3) is 11.1 Å². The standard InChI is InChI=1S/C32H37N11O/c1-42-21-25(19-38-42)23-7-12-29(35-17-23)43(32(44)37-16-22-5-3-2-4-6-22)28-10-8-26(9-11-28)40-31-36-18-24(15-33)30(41-31)39-27-13-14-34-20-27/h2-7,12,17-19,21,26-28,34H,8-11,13-14,16,20H2,1H3,(H,37,44)(H2,36,39,40,41). The number of hydrogen-bond donors (Lipinski definition) is 4. The smallest absolute Gasteiger partial charge is 0.323 e. The van der Waals surface area contributed by atoms with Crippen molar-refractivity contribution in [2.75, 3.05) is 28.6 Å². The monoisotopic (exact) mass is 591 g/mol. The summed E-state index contributed by atoms with van der Waals surface area (Å²) in [5.74, 6) is 1.69. The van der Waals surface area contributed by atoms with Crippen LogP contribution in [-0.2, 0) is 13.6 Å². The van der Waals surface area contributed by atoms with Gasteiger partial charge in [-0.15, -0.1) is 0 Å². The SMILES string of the molecule is Cn1cc(-c2ccc(N(C(=O)NCc3ccccc3)C3CCC(Nc4ncc(C#N)c(NC5CCNC5)n4)CC3)nc2)cn1. The molecule has 1 atom stereocenters. The number of pyridine rings is 1. The molecule has 0 bridgehead atoms. The molecule has 2 aliphatic rings. The second-order valence-corrected chi connectivity index (χ2v) is 11.4. The van der Waals surface area contributed by atoms with E-state index in [2.05, 4.69) is 42.4 Å². The molecule has 4 heterocycles. The normalized spacial score (nSPS) is 19.6. The van der Waals surface area contributed by atoms with Crippen LogP contribution in [0.4, 0.5) is 22.4 Å². The van der Waals surface area contributed by atoms with Gasteiger partial charge in [-0.2, -0.15) is 15.3 Å². The van der Waals surface area contributed by atoms with Crippen molar-refractivity contribution in [2.24, 2.45) is 7.05 Å². The number of nitrogens with zero attached hydrogens (tertiary/aromatic N) is 7. The molecule has 4 N–H and O–H groups in total. The number of nitrogens with one attached hydrogen (secondary N) is 4. The van der Waals surface area contributed by atoms with Gasteiger partial charge in [0.1, 0.15) is 23.3 Å². The Morgan fingerprint density at radius 1 is 1.00 bits per heavy atom. The zero-order valence-corrected chi connectivity index (χ0v) is 24.8. The first kappa shape index (κ1) is 29.1. The van der Waals surface area contributed by atoms with Gasteiger partial charge < -0.3 is 21.3 Å². The fourth-order valence-corrected chi connectivity index (χ4v) is 5.86. The molecule has 2 fully saturated rings. The molecule has 12 nitrogen and oxygen atoms in total. The summed E-state index contributed by atoms with van der Waals surface area (Å²) in [7, 11) is 1.88. The molecule has 4 aromatic rings. The molecule has 1 unspecified atom stereocenters. The maximum Gasteiger partial charge on any atom is 0.323 e. The summed E-state index contributed by atoms with van der Waals surface area (Å²) < 4.78 is 1.76. The van der Waals surface area contributed by atoms with Gasteiger partial charge in [0.25, 0.3) is 0 Å². The van der Waals surface area contributed by atoms with E-state index in [1.165, 1.54) is 0 Å². The summed E-state index contributed by atoms with van der Waals surface area (Å²) >= 11 is 0. The van der Waals surface area contributed by atoms with Crippen LogP contribution in [0.2, 0.25) is 0 Å². The first-order chi connectivity index (χ1) is 21.6. The zero-order chi connectivity index (χ0) is 30.3. The summed E-state index contributed by atoms with van der Waals surface area (Å²) in [5.41, 5.74) is 3.39. The number of anilines is 3. The number of rotatable bonds is 9. The van der Waals surface area contributed by atoms with Crippen LogP contribution < -0.4 is 26.2 Å². The van der Waals surface area contributed by atoms with E-state index >= 15 is 0 Å². The van der Waals surface area contributed by atoms with Crippen molar-refractivity contribution in [3.8, 4) is 17.2 Å². The average molecular weight is 592 g/mol. The summed E-state index contributed by atoms with van der Waals surface area (Å²) in [4.78, 5) is 29.3. The Morgan fingerprint density at radius 2 is 1.84 bits per heavy atom. The fraction of sp³-hybridized carbons (Fsp3) is 0.375. The van der Waals surface area contributed by atoms with Crippen LogP contribution in [0.15, 0.2) is 67.3 Å². The van der Waals surface area contributed by atoms with E-state index in [0.29, 0.717) is 29.7 Å². The lowest BCUT2D eigenvalue weighted by Crippen LogP contribution is -2.49. The van der Waals surface area contributed by atoms with Crippen molar-refractivity contribution in [3.05, 3.63) is 78.4 Å². The molecular weight excluding hydrogens is 554 g/mol. The highest BCUT2D eigenvalue weighted by molar-refractivity contribution is 5.91. The predicted octanol–water partition coefficient (Wildman–Crippen LogP) is 4.06. The minimum Gasteiger partial charge on any atom is -0.365 e. The third-order valence-corrected chi connectivity index (χ3v) is 8.24. The molecule has 2 amide bonds. The van der Waals surface area contributed by atoms with Crippen LogP contribution >= 0.6 is 0 Å². The molecule has 1 aromatic carbocycles. The van der Waals surface area contributed by atoms with Crippen LogP contribution in [0.5, 0.6) is 0 Å². The van der Waals surface area contributed by atoms with Gasteiger partial charge in [0.05, 0.1) is 12.4 Å². The number of nitriles is 1. The third-order valence-electron chi connectivity index (χ3n) is 8.24. The number of hydrogen-bond acceptors (Lipinski definition) is 9. The molecular formula is C32H37N11O. The van der Waals surface area contributed by atoms with E-state index in [-0.39, 0.29) is 24.2 Å². The lowest BCUT2D eigenvalue weighted by atomic mass is 9.90. The van der Waals surface area contributed by atoms with Crippen molar-refractivity contribution in [1.29, 1.82) is 5.26 Å². The Balaban J connectivity index is 1.14. The predicted molar refractivity (Wildman–Crippen MR) is 169 cm³/mol. The van der Waals surface area contributed by atoms with E-state index in [1.54, 1.807) is 23.3 Å². The van der Waals surface area contributed by atoms with Gasteiger partial charge in [0.2, 0.25) is 5.95 Å². The van der Waals surface area contributed by atoms with E-state index in [1.807, 2.05) is 60.6 Å². The molecule has 3 aromatic heterocycles. The fourth-order valence-electron chi connectivity index (χ4n) is 5.86. The Bertz CT molecular complexity index is 1580. The Labute approximate surface area is 256 Å². The second kappa shape index (κ2) is 13.5. The van der Waals surface area contributed by atoms with Crippen molar-refractivity contribution in [3.63, 3.8) is 0 Å². The van der Waals surface area contributed by atoms with E-state index in [9.17, 15) is 10.1 Å². The van der Waals surface area contributed by atoms with Gasteiger partial charge in [0, 0.05) is 61.8 Å². The van der Waals surface area contributed by atoms with E-state index in [0.717, 1.165) is 61.9 Å². The first-order valence-corrected chi connectivity index (χ1v) is 15.1. The molecule has 1 saturated carbocycles. The topological polar surface area (TPSA) is 149 Å². The molecule has 0 spiro atoms. The van der Waals surface area contributed by atoms with Gasteiger partial charge in [-0.1, -0.05) is 30.3 Å². The molecule has 12 heteroatoms. The van der Waals surface area contributed by atoms with Gasteiger partial charge in [-0.3, -0.25) is 9.58 Å². The number of urea groups is 1. The third kappa shape index (κ3) is 6.95. The van der Waals surface area contributed by atoms with Crippen molar-refractivity contribution in [1.82, 2.24) is 35.4 Å². The average Bonchev–Trinajstić information content (AvgIpc) is 3.74. The van der Waals surface area contributed by atoms with Gasteiger partial charge in [0.15, 0.2) is 0 Å². The number of amides is 2. The van der Waals surface area contributed by atoms with Crippen molar-refractivity contribution >= 4 is 23.6 Å². The Hall–Kier alpha value is -5.02. The number of aromatic nitrogens is 5. The maximum absolute atomic E-state index is 13.7. The molecule has 0 radical (unpaired) electrons. The van der Waals surface area contributed by atoms with Gasteiger partial charge in [-0.05, 0) is 56.3 Å². The highest BCUT2D eigenvalue weighted by Gasteiger charge is 2.31. The number of carbonyl (C=O) groups is 1. The maximum atomic E-state index is 13.7. The van der Waals surface area contributed by atoms with Crippen molar-refractivity contribution in [2.45, 2.75) is 56.8 Å². The highest BCUT2D eigenvalue weighted by atomic mass is 16.2. The number of benzene rings is 1. The largest absolute Gasteiger partial charge is 0.365 e. The Kier molecular flexibility index (Phi) is 8.93. The lowest BCUT2D eigenvalue weighted by molar-refractivity contribution is 0.240. The highest BCUT2D eigenvalue weighted by Crippen LogP contribution is 2.30. The molecule has 1 aliphatic carbocycles. The quantitative estimate of drug-likeness (QED) is 0.226. The first-order valence-electron chi connectivity index (χ1n) is 15.1. The summed E-state index contributed by atoms with van der Waals surface area (Å²) in [6.45, 7) is 2.23. The summed E-state index contributed by atoms with van der Waals surface area (Å²) in [6.07, 6.45) is 11.3. The van der Waals surface area contributed by atoms with Crippen LogP contribution in [-0.4, -0.2) is 62.0 Å². The zero-order valence-electron chi connectivity index (χ0n) is 24.8. The van der Waals surface area contributed by atoms with Gasteiger partial charge in [-0.25, -0.2) is 14.8 Å². The summed E-state index contributed by atoms with van der Waals surface area (Å²) in [5, 5.41) is 27.1. The second-order valence-electron chi connectivity index (χ2n) is 11.4. The molecule has 44 heavy (non-hydrogen) atoms. The van der Waals surface area contributed by atoms with Crippen LogP contribution in [0, 0.1) is 11.3 Å². The molecule has 6 rings (SSSR count). The molecule has 1 saturated heterocycles. The number of aryl methyl sites for hydroxylation is 1. The summed E-state index contributed by atoms with van der Waals surface area (Å²) in [6, 6.07) is 16.2. The van der Waals surface area contributed by atoms with E-state index in [4.69, 9.17) is 4.98 Å². The molecule has 226 valence electrons. The van der Waals surface area contributed by atoms with Crippen LogP contribution in [0.3, 0.4) is 0 Å². The van der Waals surface area contributed by atoms with Crippen LogP contribution in [0.1, 0.15) is 43.2 Å². The number of carbonyl (C=O) groups excluding carboxylic acids is 1.